The van der Waals surface area contributed by atoms with Crippen LogP contribution in [0.5, 0.6) is 0 Å². The summed E-state index contributed by atoms with van der Waals surface area (Å²) in [7, 11) is 0. The zero-order valence-corrected chi connectivity index (χ0v) is 9.93. The monoisotopic (exact) mass is 227 g/mol. The first kappa shape index (κ1) is 10.1. The van der Waals surface area contributed by atoms with Crippen LogP contribution in [0.4, 0.5) is 0 Å². The maximum atomic E-state index is 11.7. The van der Waals surface area contributed by atoms with Crippen LogP contribution in [-0.4, -0.2) is 11.3 Å². The first-order valence-corrected chi connectivity index (χ1v) is 6.54. The number of carbonyl (C=O) groups excluding carboxylic acids is 1. The number of hydrogen-bond acceptors (Lipinski definition) is 3. The van der Waals surface area contributed by atoms with Crippen LogP contribution in [0.15, 0.2) is 10.3 Å². The Bertz CT molecular complexity index is 359. The minimum atomic E-state index is 0.0987. The number of fused-ring (bicyclic) bond motifs is 1. The molecule has 0 aromatic carbocycles. The lowest BCUT2D eigenvalue weighted by Crippen LogP contribution is -2.35. The summed E-state index contributed by atoms with van der Waals surface area (Å²) in [5.74, 6) is 0.0987. The van der Waals surface area contributed by atoms with Crippen LogP contribution in [0.25, 0.3) is 0 Å². The predicted molar refractivity (Wildman–Crippen MR) is 61.1 cm³/mol. The number of thiophene rings is 1. The second-order valence-corrected chi connectivity index (χ2v) is 5.86. The van der Waals surface area contributed by atoms with E-state index in [1.54, 1.807) is 23.1 Å². The predicted octanol–water partition coefficient (Wildman–Crippen LogP) is 2.88. The van der Waals surface area contributed by atoms with E-state index in [1.165, 1.54) is 9.09 Å². The summed E-state index contributed by atoms with van der Waals surface area (Å²) in [4.78, 5) is 13.0. The zero-order chi connectivity index (χ0) is 10.1. The smallest absolute Gasteiger partial charge is 0.254 e. The topological polar surface area (TPSA) is 29.1 Å². The summed E-state index contributed by atoms with van der Waals surface area (Å²) in [5, 5.41) is 3.25. The molecule has 4 heteroatoms. The van der Waals surface area contributed by atoms with Crippen molar-refractivity contribution in [2.24, 2.45) is 0 Å². The number of amides is 1. The normalized spacial score (nSPS) is 20.4. The Labute approximate surface area is 92.1 Å². The third-order valence-electron chi connectivity index (χ3n) is 2.25. The van der Waals surface area contributed by atoms with E-state index in [2.05, 4.69) is 19.2 Å². The van der Waals surface area contributed by atoms with Gasteiger partial charge in [0.1, 0.15) is 0 Å². The molecule has 1 aromatic rings. The largest absolute Gasteiger partial charge is 0.340 e. The quantitative estimate of drug-likeness (QED) is 0.841. The van der Waals surface area contributed by atoms with Crippen molar-refractivity contribution in [2.75, 3.05) is 0 Å². The second-order valence-electron chi connectivity index (χ2n) is 3.26. The molecule has 2 rings (SSSR count). The minimum absolute atomic E-state index is 0.0987. The summed E-state index contributed by atoms with van der Waals surface area (Å²) in [5.41, 5.74) is 0.876. The fourth-order valence-electron chi connectivity index (χ4n) is 1.41. The van der Waals surface area contributed by atoms with Gasteiger partial charge >= 0.3 is 0 Å². The molecule has 1 N–H and O–H groups in total. The van der Waals surface area contributed by atoms with Gasteiger partial charge in [0.25, 0.3) is 5.91 Å². The molecule has 76 valence electrons. The van der Waals surface area contributed by atoms with Gasteiger partial charge in [-0.25, -0.2) is 0 Å². The van der Waals surface area contributed by atoms with Crippen LogP contribution >= 0.6 is 23.1 Å². The van der Waals surface area contributed by atoms with E-state index in [4.69, 9.17) is 0 Å². The molecule has 0 aliphatic carbocycles. The molecule has 1 aliphatic rings. The van der Waals surface area contributed by atoms with Gasteiger partial charge in [-0.2, -0.15) is 0 Å². The van der Waals surface area contributed by atoms with E-state index < -0.39 is 0 Å². The lowest BCUT2D eigenvalue weighted by Gasteiger charge is -2.20. The van der Waals surface area contributed by atoms with Gasteiger partial charge in [0.05, 0.1) is 15.1 Å². The van der Waals surface area contributed by atoms with Crippen LogP contribution in [0.2, 0.25) is 0 Å². The molecule has 1 unspecified atom stereocenters. The van der Waals surface area contributed by atoms with Crippen molar-refractivity contribution in [2.45, 2.75) is 36.3 Å². The lowest BCUT2D eigenvalue weighted by molar-refractivity contribution is 0.0944. The van der Waals surface area contributed by atoms with Gasteiger partial charge < -0.3 is 5.32 Å². The molecule has 1 atom stereocenters. The average Bonchev–Trinajstić information content (AvgIpc) is 2.61. The van der Waals surface area contributed by atoms with Crippen molar-refractivity contribution in [1.82, 2.24) is 5.32 Å². The van der Waals surface area contributed by atoms with Crippen LogP contribution in [-0.2, 0) is 6.42 Å². The fraction of sp³-hybridized carbons (Fsp3) is 0.500. The van der Waals surface area contributed by atoms with Crippen LogP contribution in [0.1, 0.15) is 35.5 Å². The Morgan fingerprint density at radius 2 is 2.29 bits per heavy atom. The maximum Gasteiger partial charge on any atom is 0.254 e. The van der Waals surface area contributed by atoms with Gasteiger partial charge in [0.15, 0.2) is 0 Å². The molecule has 0 saturated heterocycles. The minimum Gasteiger partial charge on any atom is -0.340 e. The molecule has 0 bridgehead atoms. The summed E-state index contributed by atoms with van der Waals surface area (Å²) in [6, 6.07) is 2.02. The SMILES string of the molecule is CCc1cc2c(s1)SC(CC)NC2=O. The third kappa shape index (κ3) is 1.68. The van der Waals surface area contributed by atoms with Gasteiger partial charge in [0.2, 0.25) is 0 Å². The van der Waals surface area contributed by atoms with E-state index in [0.717, 1.165) is 18.4 Å². The van der Waals surface area contributed by atoms with Crippen molar-refractivity contribution < 1.29 is 4.79 Å². The highest BCUT2D eigenvalue weighted by Crippen LogP contribution is 2.38. The van der Waals surface area contributed by atoms with Gasteiger partial charge in [-0.3, -0.25) is 4.79 Å². The lowest BCUT2D eigenvalue weighted by atomic mass is 10.2. The standard InChI is InChI=1S/C10H13NOS2/c1-3-6-5-7-9(12)11-8(4-2)14-10(7)13-6/h5,8H,3-4H2,1-2H3,(H,11,12). The number of nitrogens with one attached hydrogen (secondary N) is 1. The van der Waals surface area contributed by atoms with Crippen molar-refractivity contribution in [3.05, 3.63) is 16.5 Å². The number of carbonyl (C=O) groups is 1. The fourth-order valence-corrected chi connectivity index (χ4v) is 3.96. The van der Waals surface area contributed by atoms with E-state index in [-0.39, 0.29) is 11.3 Å². The van der Waals surface area contributed by atoms with Gasteiger partial charge in [-0.15, -0.1) is 11.3 Å². The summed E-state index contributed by atoms with van der Waals surface area (Å²) >= 11 is 3.54. The molecule has 14 heavy (non-hydrogen) atoms. The first-order valence-electron chi connectivity index (χ1n) is 4.84. The van der Waals surface area contributed by atoms with Crippen molar-refractivity contribution in [3.8, 4) is 0 Å². The van der Waals surface area contributed by atoms with Crippen molar-refractivity contribution in [1.29, 1.82) is 0 Å². The zero-order valence-electron chi connectivity index (χ0n) is 8.29. The number of thioether (sulfide) groups is 1. The Hall–Kier alpha value is -0.480. The van der Waals surface area contributed by atoms with E-state index >= 15 is 0 Å². The van der Waals surface area contributed by atoms with Crippen molar-refractivity contribution >= 4 is 29.0 Å². The molecule has 1 aromatic heterocycles. The molecule has 0 radical (unpaired) electrons. The first-order chi connectivity index (χ1) is 6.74. The van der Waals surface area contributed by atoms with E-state index in [9.17, 15) is 4.79 Å². The number of aryl methyl sites for hydroxylation is 1. The molecule has 2 heterocycles. The molecule has 2 nitrogen and oxygen atoms in total. The highest BCUT2D eigenvalue weighted by Gasteiger charge is 2.25. The summed E-state index contributed by atoms with van der Waals surface area (Å²) < 4.78 is 1.19. The van der Waals surface area contributed by atoms with Gasteiger partial charge in [-0.1, -0.05) is 25.6 Å². The Morgan fingerprint density at radius 1 is 1.50 bits per heavy atom. The Morgan fingerprint density at radius 3 is 2.93 bits per heavy atom. The average molecular weight is 227 g/mol. The Kier molecular flexibility index (Phi) is 2.83. The van der Waals surface area contributed by atoms with Crippen LogP contribution < -0.4 is 5.32 Å². The summed E-state index contributed by atoms with van der Waals surface area (Å²) in [6.45, 7) is 4.22. The number of hydrogen-bond donors (Lipinski definition) is 1. The van der Waals surface area contributed by atoms with Gasteiger partial charge in [0, 0.05) is 4.88 Å². The third-order valence-corrected chi connectivity index (χ3v) is 5.04. The second kappa shape index (κ2) is 3.95. The molecule has 0 spiro atoms. The highest BCUT2D eigenvalue weighted by molar-refractivity contribution is 8.01. The maximum absolute atomic E-state index is 11.7. The Balaban J connectivity index is 2.33. The van der Waals surface area contributed by atoms with Gasteiger partial charge in [-0.05, 0) is 18.9 Å². The molecule has 1 amide bonds. The molecule has 1 aliphatic heterocycles. The number of rotatable bonds is 2. The van der Waals surface area contributed by atoms with Crippen LogP contribution in [0, 0.1) is 0 Å². The van der Waals surface area contributed by atoms with E-state index in [0.29, 0.717) is 0 Å². The summed E-state index contributed by atoms with van der Waals surface area (Å²) in [6.07, 6.45) is 2.00. The molecular formula is C10H13NOS2. The van der Waals surface area contributed by atoms with Crippen molar-refractivity contribution in [3.63, 3.8) is 0 Å². The van der Waals surface area contributed by atoms with E-state index in [1.807, 2.05) is 6.07 Å². The molecule has 0 saturated carbocycles. The van der Waals surface area contributed by atoms with Crippen LogP contribution in [0.3, 0.4) is 0 Å². The molecular weight excluding hydrogens is 214 g/mol. The molecule has 0 fully saturated rings. The highest BCUT2D eigenvalue weighted by atomic mass is 32.2.